The Balaban J connectivity index is 1.59. The van der Waals surface area contributed by atoms with Gasteiger partial charge in [-0.3, -0.25) is 9.36 Å². The standard InChI is InChI=1S/C15H17FN4O3S/c16-11-5-1-2-6-12(11)17-13(21)9-24-15-19-18-14(22)20(15)8-10-4-3-7-23-10/h1-2,5-6,10H,3-4,7-9H2,(H,17,21)(H,18,22)/t10-/m0/s1. The molecule has 7 nitrogen and oxygen atoms in total. The number of H-pyrrole nitrogens is 1. The number of hydrogen-bond donors (Lipinski definition) is 2. The zero-order valence-corrected chi connectivity index (χ0v) is 13.6. The van der Waals surface area contributed by atoms with E-state index in [1.54, 1.807) is 12.1 Å². The van der Waals surface area contributed by atoms with Gasteiger partial charge in [-0.05, 0) is 25.0 Å². The van der Waals surface area contributed by atoms with Crippen LogP contribution in [0.25, 0.3) is 0 Å². The predicted octanol–water partition coefficient (Wildman–Crippen LogP) is 1.62. The number of benzene rings is 1. The number of aromatic nitrogens is 3. The number of para-hydroxylation sites is 1. The molecule has 0 bridgehead atoms. The number of ether oxygens (including phenoxy) is 1. The van der Waals surface area contributed by atoms with Gasteiger partial charge in [-0.15, -0.1) is 5.10 Å². The third-order valence-corrected chi connectivity index (χ3v) is 4.59. The van der Waals surface area contributed by atoms with Gasteiger partial charge in [0, 0.05) is 6.61 Å². The number of halogens is 1. The van der Waals surface area contributed by atoms with Crippen LogP contribution in [0.3, 0.4) is 0 Å². The van der Waals surface area contributed by atoms with Crippen LogP contribution >= 0.6 is 11.8 Å². The maximum atomic E-state index is 13.5. The normalized spacial score (nSPS) is 17.1. The molecule has 1 amide bonds. The molecular formula is C15H17FN4O3S. The Morgan fingerprint density at radius 3 is 3.08 bits per heavy atom. The van der Waals surface area contributed by atoms with Crippen LogP contribution in [0, 0.1) is 5.82 Å². The first-order valence-electron chi connectivity index (χ1n) is 7.57. The zero-order valence-electron chi connectivity index (χ0n) is 12.8. The fourth-order valence-electron chi connectivity index (χ4n) is 2.45. The number of thioether (sulfide) groups is 1. The van der Waals surface area contributed by atoms with Crippen molar-refractivity contribution in [3.63, 3.8) is 0 Å². The van der Waals surface area contributed by atoms with Crippen LogP contribution in [-0.4, -0.2) is 39.1 Å². The minimum absolute atomic E-state index is 0.00751. The van der Waals surface area contributed by atoms with E-state index in [0.29, 0.717) is 18.3 Å². The summed E-state index contributed by atoms with van der Waals surface area (Å²) in [6.07, 6.45) is 1.87. The third kappa shape index (κ3) is 4.04. The fourth-order valence-corrected chi connectivity index (χ4v) is 3.20. The number of rotatable bonds is 6. The molecule has 0 unspecified atom stereocenters. The van der Waals surface area contributed by atoms with Crippen LogP contribution in [-0.2, 0) is 16.1 Å². The summed E-state index contributed by atoms with van der Waals surface area (Å²) in [6.45, 7) is 1.11. The molecule has 0 saturated carbocycles. The first kappa shape index (κ1) is 16.7. The fraction of sp³-hybridized carbons (Fsp3) is 0.400. The maximum Gasteiger partial charge on any atom is 0.344 e. The van der Waals surface area contributed by atoms with Crippen molar-refractivity contribution in [3.8, 4) is 0 Å². The van der Waals surface area contributed by atoms with Crippen molar-refractivity contribution < 1.29 is 13.9 Å². The summed E-state index contributed by atoms with van der Waals surface area (Å²) in [4.78, 5) is 23.8. The summed E-state index contributed by atoms with van der Waals surface area (Å²) in [5.41, 5.74) is -0.204. The summed E-state index contributed by atoms with van der Waals surface area (Å²) in [7, 11) is 0. The van der Waals surface area contributed by atoms with Gasteiger partial charge >= 0.3 is 5.69 Å². The van der Waals surface area contributed by atoms with Crippen LogP contribution in [0.1, 0.15) is 12.8 Å². The van der Waals surface area contributed by atoms with E-state index in [0.717, 1.165) is 24.6 Å². The second-order valence-corrected chi connectivity index (χ2v) is 6.32. The molecule has 2 N–H and O–H groups in total. The largest absolute Gasteiger partial charge is 0.376 e. The molecular weight excluding hydrogens is 335 g/mol. The molecule has 24 heavy (non-hydrogen) atoms. The van der Waals surface area contributed by atoms with E-state index in [1.807, 2.05) is 0 Å². The number of anilines is 1. The number of nitrogens with one attached hydrogen (secondary N) is 2. The second-order valence-electron chi connectivity index (χ2n) is 5.37. The van der Waals surface area contributed by atoms with Crippen LogP contribution < -0.4 is 11.0 Å². The Morgan fingerprint density at radius 1 is 1.50 bits per heavy atom. The number of carbonyl (C=O) groups excluding carboxylic acids is 1. The quantitative estimate of drug-likeness (QED) is 0.771. The van der Waals surface area contributed by atoms with Crippen molar-refractivity contribution in [3.05, 3.63) is 40.6 Å². The Labute approximate surface area is 141 Å². The molecule has 1 fully saturated rings. The molecule has 1 atom stereocenters. The molecule has 0 spiro atoms. The molecule has 128 valence electrons. The Kier molecular flexibility index (Phi) is 5.31. The number of nitrogens with zero attached hydrogens (tertiary/aromatic N) is 2. The number of hydrogen-bond acceptors (Lipinski definition) is 5. The van der Waals surface area contributed by atoms with Crippen molar-refractivity contribution in [2.75, 3.05) is 17.7 Å². The highest BCUT2D eigenvalue weighted by Crippen LogP contribution is 2.19. The first-order valence-corrected chi connectivity index (χ1v) is 8.56. The average molecular weight is 352 g/mol. The van der Waals surface area contributed by atoms with Crippen LogP contribution in [0.2, 0.25) is 0 Å². The highest BCUT2D eigenvalue weighted by Gasteiger charge is 2.20. The van der Waals surface area contributed by atoms with Crippen LogP contribution in [0.15, 0.2) is 34.2 Å². The van der Waals surface area contributed by atoms with E-state index in [-0.39, 0.29) is 29.1 Å². The topological polar surface area (TPSA) is 89.0 Å². The zero-order chi connectivity index (χ0) is 16.9. The van der Waals surface area contributed by atoms with E-state index < -0.39 is 5.82 Å². The van der Waals surface area contributed by atoms with E-state index in [2.05, 4.69) is 15.5 Å². The van der Waals surface area contributed by atoms with E-state index in [9.17, 15) is 14.0 Å². The summed E-state index contributed by atoms with van der Waals surface area (Å²) in [5.74, 6) is -0.848. The lowest BCUT2D eigenvalue weighted by Crippen LogP contribution is -2.25. The molecule has 0 radical (unpaired) electrons. The molecule has 2 aromatic rings. The summed E-state index contributed by atoms with van der Waals surface area (Å²) in [5, 5.41) is 9.23. The summed E-state index contributed by atoms with van der Waals surface area (Å²) >= 11 is 1.12. The predicted molar refractivity (Wildman–Crippen MR) is 87.6 cm³/mol. The molecule has 1 aliphatic rings. The van der Waals surface area contributed by atoms with Crippen molar-refractivity contribution in [1.82, 2.24) is 14.8 Å². The molecule has 0 aliphatic carbocycles. The van der Waals surface area contributed by atoms with Gasteiger partial charge in [0.05, 0.1) is 24.1 Å². The molecule has 1 aliphatic heterocycles. The van der Waals surface area contributed by atoms with E-state index >= 15 is 0 Å². The van der Waals surface area contributed by atoms with Gasteiger partial charge in [-0.25, -0.2) is 14.3 Å². The number of carbonyl (C=O) groups is 1. The van der Waals surface area contributed by atoms with E-state index in [1.165, 1.54) is 16.7 Å². The molecule has 9 heteroatoms. The average Bonchev–Trinajstić information content (AvgIpc) is 3.19. The molecule has 1 saturated heterocycles. The summed E-state index contributed by atoms with van der Waals surface area (Å²) < 4.78 is 20.5. The van der Waals surface area contributed by atoms with Crippen molar-refractivity contribution >= 4 is 23.4 Å². The minimum Gasteiger partial charge on any atom is -0.376 e. The minimum atomic E-state index is -0.495. The van der Waals surface area contributed by atoms with Gasteiger partial charge in [-0.1, -0.05) is 23.9 Å². The molecule has 3 rings (SSSR count). The Morgan fingerprint density at radius 2 is 2.33 bits per heavy atom. The lowest BCUT2D eigenvalue weighted by molar-refractivity contribution is -0.113. The van der Waals surface area contributed by atoms with Crippen molar-refractivity contribution in [2.24, 2.45) is 0 Å². The van der Waals surface area contributed by atoms with Crippen molar-refractivity contribution in [1.29, 1.82) is 0 Å². The number of amides is 1. The SMILES string of the molecule is O=C(CSc1n[nH]c(=O)n1C[C@@H]1CCCO1)Nc1ccccc1F. The van der Waals surface area contributed by atoms with Gasteiger partial charge in [0.15, 0.2) is 5.16 Å². The third-order valence-electron chi connectivity index (χ3n) is 3.61. The highest BCUT2D eigenvalue weighted by atomic mass is 32.2. The lowest BCUT2D eigenvalue weighted by Gasteiger charge is -2.11. The smallest absolute Gasteiger partial charge is 0.344 e. The molecule has 1 aromatic heterocycles. The Hall–Kier alpha value is -2.13. The van der Waals surface area contributed by atoms with Gasteiger partial charge in [0.2, 0.25) is 5.91 Å². The molecule has 1 aromatic carbocycles. The van der Waals surface area contributed by atoms with Crippen molar-refractivity contribution in [2.45, 2.75) is 30.6 Å². The van der Waals surface area contributed by atoms with Gasteiger partial charge in [0.25, 0.3) is 0 Å². The highest BCUT2D eigenvalue weighted by molar-refractivity contribution is 7.99. The Bertz CT molecular complexity index is 770. The van der Waals surface area contributed by atoms with Gasteiger partial charge in [0.1, 0.15) is 5.82 Å². The van der Waals surface area contributed by atoms with Gasteiger partial charge in [-0.2, -0.15) is 0 Å². The second kappa shape index (κ2) is 7.63. The molecule has 2 heterocycles. The van der Waals surface area contributed by atoms with Gasteiger partial charge < -0.3 is 10.1 Å². The number of aromatic amines is 1. The monoisotopic (exact) mass is 352 g/mol. The van der Waals surface area contributed by atoms with E-state index in [4.69, 9.17) is 4.74 Å². The first-order chi connectivity index (χ1) is 11.6. The van der Waals surface area contributed by atoms with Crippen LogP contribution in [0.4, 0.5) is 10.1 Å². The summed E-state index contributed by atoms with van der Waals surface area (Å²) in [6, 6.07) is 5.95. The lowest BCUT2D eigenvalue weighted by atomic mass is 10.2. The maximum absolute atomic E-state index is 13.5. The van der Waals surface area contributed by atoms with Crippen LogP contribution in [0.5, 0.6) is 0 Å².